The number of anilines is 1. The van der Waals surface area contributed by atoms with Crippen molar-refractivity contribution in [2.75, 3.05) is 25.0 Å². The number of hydrogen-bond acceptors (Lipinski definition) is 4. The topological polar surface area (TPSA) is 75.7 Å². The van der Waals surface area contributed by atoms with Crippen LogP contribution < -0.4 is 10.1 Å². The van der Waals surface area contributed by atoms with Crippen molar-refractivity contribution in [2.24, 2.45) is 5.92 Å². The number of benzene rings is 2. The molecule has 0 saturated carbocycles. The molecular weight excluding hydrogens is 424 g/mol. The number of amides is 1. The predicted molar refractivity (Wildman–Crippen MR) is 128 cm³/mol. The zero-order chi connectivity index (χ0) is 23.3. The predicted octanol–water partition coefficient (Wildman–Crippen LogP) is 4.56. The second-order valence-corrected chi connectivity index (χ2v) is 10.1. The molecule has 0 unspecified atom stereocenters. The first-order chi connectivity index (χ1) is 15.3. The summed E-state index contributed by atoms with van der Waals surface area (Å²) in [6.45, 7) is 9.11. The molecule has 0 radical (unpaired) electrons. The molecule has 0 atom stereocenters. The molecule has 0 bridgehead atoms. The van der Waals surface area contributed by atoms with E-state index in [2.05, 4.69) is 19.2 Å². The van der Waals surface area contributed by atoms with Crippen molar-refractivity contribution >= 4 is 21.6 Å². The van der Waals surface area contributed by atoms with Gasteiger partial charge >= 0.3 is 0 Å². The van der Waals surface area contributed by atoms with Crippen LogP contribution in [0.4, 0.5) is 5.69 Å². The van der Waals surface area contributed by atoms with Gasteiger partial charge in [-0.05, 0) is 74.4 Å². The summed E-state index contributed by atoms with van der Waals surface area (Å²) < 4.78 is 33.3. The fraction of sp³-hybridized carbons (Fsp3) is 0.480. The van der Waals surface area contributed by atoms with Gasteiger partial charge in [-0.2, -0.15) is 4.31 Å². The second-order valence-electron chi connectivity index (χ2n) is 8.19. The standard InChI is InChI=1S/C25H34N2O4S/c1-5-19-9-8-10-20(6-2)24(19)26-25(28)21-13-15-27(16-14-21)32(29,30)22-11-12-23(31-7-3)18(4)17-22/h8-12,17,21H,5-7,13-16H2,1-4H3,(H,26,28). The number of piperidine rings is 1. The highest BCUT2D eigenvalue weighted by atomic mass is 32.2. The SMILES string of the molecule is CCOc1ccc(S(=O)(=O)N2CCC(C(=O)Nc3c(CC)cccc3CC)CC2)cc1C. The van der Waals surface area contributed by atoms with Gasteiger partial charge in [-0.15, -0.1) is 0 Å². The molecule has 0 aliphatic carbocycles. The molecule has 2 aromatic rings. The summed E-state index contributed by atoms with van der Waals surface area (Å²) in [7, 11) is -3.60. The van der Waals surface area contributed by atoms with Crippen LogP contribution in [0, 0.1) is 12.8 Å². The molecule has 1 aliphatic rings. The summed E-state index contributed by atoms with van der Waals surface area (Å²) in [5.74, 6) is 0.480. The van der Waals surface area contributed by atoms with Crippen LogP contribution >= 0.6 is 0 Å². The Morgan fingerprint density at radius 3 is 2.22 bits per heavy atom. The lowest BCUT2D eigenvalue weighted by molar-refractivity contribution is -0.120. The van der Waals surface area contributed by atoms with Crippen LogP contribution in [0.1, 0.15) is 50.3 Å². The van der Waals surface area contributed by atoms with Crippen LogP contribution in [0.3, 0.4) is 0 Å². The zero-order valence-corrected chi connectivity index (χ0v) is 20.3. The maximum atomic E-state index is 13.1. The monoisotopic (exact) mass is 458 g/mol. The molecule has 0 spiro atoms. The number of nitrogens with one attached hydrogen (secondary N) is 1. The Morgan fingerprint density at radius 2 is 1.69 bits per heavy atom. The lowest BCUT2D eigenvalue weighted by Crippen LogP contribution is -2.41. The number of sulfonamides is 1. The molecule has 174 valence electrons. The molecule has 3 rings (SSSR count). The minimum atomic E-state index is -3.60. The summed E-state index contributed by atoms with van der Waals surface area (Å²) >= 11 is 0. The van der Waals surface area contributed by atoms with Gasteiger partial charge in [0, 0.05) is 24.7 Å². The van der Waals surface area contributed by atoms with Gasteiger partial charge in [0.25, 0.3) is 0 Å². The number of rotatable bonds is 8. The molecule has 6 nitrogen and oxygen atoms in total. The van der Waals surface area contributed by atoms with Crippen molar-refractivity contribution in [1.29, 1.82) is 0 Å². The summed E-state index contributed by atoms with van der Waals surface area (Å²) in [5.41, 5.74) is 3.97. The molecule has 2 aromatic carbocycles. The van der Waals surface area contributed by atoms with Crippen LogP contribution in [-0.2, 0) is 27.7 Å². The Labute approximate surface area is 192 Å². The van der Waals surface area contributed by atoms with Crippen molar-refractivity contribution in [3.63, 3.8) is 0 Å². The molecule has 1 aliphatic heterocycles. The third-order valence-electron chi connectivity index (χ3n) is 6.16. The van der Waals surface area contributed by atoms with Gasteiger partial charge in [-0.3, -0.25) is 4.79 Å². The lowest BCUT2D eigenvalue weighted by Gasteiger charge is -2.31. The molecule has 1 heterocycles. The largest absolute Gasteiger partial charge is 0.494 e. The van der Waals surface area contributed by atoms with Crippen molar-refractivity contribution in [3.8, 4) is 5.75 Å². The Kier molecular flexibility index (Phi) is 7.96. The van der Waals surface area contributed by atoms with E-state index in [1.165, 1.54) is 4.31 Å². The van der Waals surface area contributed by atoms with E-state index in [1.54, 1.807) is 18.2 Å². The maximum Gasteiger partial charge on any atom is 0.243 e. The highest BCUT2D eigenvalue weighted by molar-refractivity contribution is 7.89. The van der Waals surface area contributed by atoms with E-state index in [1.807, 2.05) is 32.0 Å². The third-order valence-corrected chi connectivity index (χ3v) is 8.05. The summed E-state index contributed by atoms with van der Waals surface area (Å²) in [6.07, 6.45) is 2.72. The van der Waals surface area contributed by atoms with Gasteiger partial charge in [-0.25, -0.2) is 8.42 Å². The molecule has 7 heteroatoms. The lowest BCUT2D eigenvalue weighted by atomic mass is 9.96. The number of ether oxygens (including phenoxy) is 1. The smallest absolute Gasteiger partial charge is 0.243 e. The minimum absolute atomic E-state index is 0.0189. The molecule has 1 saturated heterocycles. The first-order valence-electron chi connectivity index (χ1n) is 11.5. The number of aryl methyl sites for hydroxylation is 3. The molecule has 1 N–H and O–H groups in total. The molecule has 32 heavy (non-hydrogen) atoms. The highest BCUT2D eigenvalue weighted by Crippen LogP contribution is 2.29. The first-order valence-corrected chi connectivity index (χ1v) is 12.9. The van der Waals surface area contributed by atoms with Gasteiger partial charge in [0.2, 0.25) is 15.9 Å². The zero-order valence-electron chi connectivity index (χ0n) is 19.5. The van der Waals surface area contributed by atoms with Gasteiger partial charge in [-0.1, -0.05) is 32.0 Å². The van der Waals surface area contributed by atoms with Crippen LogP contribution in [0.15, 0.2) is 41.3 Å². The van der Waals surface area contributed by atoms with Crippen LogP contribution in [0.5, 0.6) is 5.75 Å². The third kappa shape index (κ3) is 5.15. The van der Waals surface area contributed by atoms with Crippen LogP contribution in [0.2, 0.25) is 0 Å². The van der Waals surface area contributed by atoms with E-state index >= 15 is 0 Å². The van der Waals surface area contributed by atoms with E-state index in [0.717, 1.165) is 35.2 Å². The van der Waals surface area contributed by atoms with E-state index in [9.17, 15) is 13.2 Å². The van der Waals surface area contributed by atoms with E-state index in [0.29, 0.717) is 38.3 Å². The number of hydrogen-bond donors (Lipinski definition) is 1. The molecular formula is C25H34N2O4S. The van der Waals surface area contributed by atoms with Gasteiger partial charge in [0.15, 0.2) is 0 Å². The summed E-state index contributed by atoms with van der Waals surface area (Å²) in [4.78, 5) is 13.3. The second kappa shape index (κ2) is 10.5. The van der Waals surface area contributed by atoms with Gasteiger partial charge < -0.3 is 10.1 Å². The summed E-state index contributed by atoms with van der Waals surface area (Å²) in [6, 6.07) is 11.1. The van der Waals surface area contributed by atoms with E-state index in [4.69, 9.17) is 4.74 Å². The normalized spacial score (nSPS) is 15.5. The first kappa shape index (κ1) is 24.3. The Bertz CT molecular complexity index is 1040. The molecule has 0 aromatic heterocycles. The van der Waals surface area contributed by atoms with Crippen LogP contribution in [0.25, 0.3) is 0 Å². The Hall–Kier alpha value is -2.38. The Balaban J connectivity index is 1.67. The Morgan fingerprint density at radius 1 is 1.06 bits per heavy atom. The van der Waals surface area contributed by atoms with E-state index < -0.39 is 10.0 Å². The average Bonchev–Trinajstić information content (AvgIpc) is 2.80. The van der Waals surface area contributed by atoms with Crippen molar-refractivity contribution in [2.45, 2.75) is 58.3 Å². The number of carbonyl (C=O) groups is 1. The highest BCUT2D eigenvalue weighted by Gasteiger charge is 2.32. The number of nitrogens with zero attached hydrogens (tertiary/aromatic N) is 1. The summed E-state index contributed by atoms with van der Waals surface area (Å²) in [5, 5.41) is 3.14. The van der Waals surface area contributed by atoms with Crippen molar-refractivity contribution in [3.05, 3.63) is 53.1 Å². The number of carbonyl (C=O) groups excluding carboxylic acids is 1. The number of para-hydroxylation sites is 1. The molecule has 1 amide bonds. The van der Waals surface area contributed by atoms with Crippen molar-refractivity contribution in [1.82, 2.24) is 4.31 Å². The van der Waals surface area contributed by atoms with Gasteiger partial charge in [0.1, 0.15) is 5.75 Å². The quantitative estimate of drug-likeness (QED) is 0.629. The fourth-order valence-electron chi connectivity index (χ4n) is 4.24. The maximum absolute atomic E-state index is 13.1. The molecule has 1 fully saturated rings. The fourth-order valence-corrected chi connectivity index (χ4v) is 5.79. The van der Waals surface area contributed by atoms with E-state index in [-0.39, 0.29) is 16.7 Å². The average molecular weight is 459 g/mol. The van der Waals surface area contributed by atoms with Crippen molar-refractivity contribution < 1.29 is 17.9 Å². The van der Waals surface area contributed by atoms with Crippen LogP contribution in [-0.4, -0.2) is 38.3 Å². The van der Waals surface area contributed by atoms with Gasteiger partial charge in [0.05, 0.1) is 11.5 Å². The minimum Gasteiger partial charge on any atom is -0.494 e.